The van der Waals surface area contributed by atoms with Crippen LogP contribution in [-0.2, 0) is 19.5 Å². The molecule has 0 saturated carbocycles. The molecule has 1 fully saturated rings. The van der Waals surface area contributed by atoms with Gasteiger partial charge in [-0.15, -0.1) is 0 Å². The predicted molar refractivity (Wildman–Crippen MR) is 117 cm³/mol. The molecule has 156 valence electrons. The van der Waals surface area contributed by atoms with Gasteiger partial charge in [-0.3, -0.25) is 4.90 Å². The molecule has 1 aliphatic rings. The van der Waals surface area contributed by atoms with Crippen LogP contribution >= 0.6 is 0 Å². The Morgan fingerprint density at radius 2 is 1.66 bits per heavy atom. The third-order valence-electron chi connectivity index (χ3n) is 5.53. The summed E-state index contributed by atoms with van der Waals surface area (Å²) in [5, 5.41) is 11.1. The van der Waals surface area contributed by atoms with Gasteiger partial charge in [0, 0.05) is 19.2 Å². The van der Waals surface area contributed by atoms with Crippen LogP contribution < -0.4 is 15.2 Å². The van der Waals surface area contributed by atoms with Crippen LogP contribution in [-0.4, -0.2) is 37.3 Å². The van der Waals surface area contributed by atoms with Gasteiger partial charge in [0.1, 0.15) is 17.2 Å². The van der Waals surface area contributed by atoms with Crippen LogP contribution in [0.2, 0.25) is 0 Å². The number of ether oxygens (including phenoxy) is 2. The largest absolute Gasteiger partial charge is 0.507 e. The first-order chi connectivity index (χ1) is 14.2. The number of phenolic OH excluding ortho intramolecular Hbond substituents is 1. The number of aromatic hydroxyl groups is 1. The summed E-state index contributed by atoms with van der Waals surface area (Å²) in [5.41, 5.74) is 9.49. The van der Waals surface area contributed by atoms with Gasteiger partial charge in [-0.1, -0.05) is 42.8 Å². The van der Waals surface area contributed by atoms with E-state index in [0.29, 0.717) is 30.2 Å². The Bertz CT molecular complexity index is 825. The number of hydrogen-bond donors (Lipinski definition) is 2. The van der Waals surface area contributed by atoms with E-state index in [2.05, 4.69) is 17.0 Å². The molecular formula is C24H32N2O3. The summed E-state index contributed by atoms with van der Waals surface area (Å²) in [6.45, 7) is 3.34. The molecule has 0 aliphatic carbocycles. The number of benzene rings is 2. The van der Waals surface area contributed by atoms with Crippen molar-refractivity contribution in [2.45, 2.75) is 38.8 Å². The zero-order valence-electron chi connectivity index (χ0n) is 17.5. The Kier molecular flexibility index (Phi) is 7.55. The second kappa shape index (κ2) is 10.3. The molecule has 0 atom stereocenters. The molecule has 0 aromatic heterocycles. The van der Waals surface area contributed by atoms with E-state index in [9.17, 15) is 5.11 Å². The number of allylic oxidation sites excluding steroid dienone is 1. The molecule has 2 aromatic carbocycles. The fourth-order valence-corrected chi connectivity index (χ4v) is 3.81. The van der Waals surface area contributed by atoms with Crippen LogP contribution in [0.25, 0.3) is 6.08 Å². The first-order valence-corrected chi connectivity index (χ1v) is 10.3. The third kappa shape index (κ3) is 5.31. The summed E-state index contributed by atoms with van der Waals surface area (Å²) >= 11 is 0. The topological polar surface area (TPSA) is 68.0 Å². The second-order valence-corrected chi connectivity index (χ2v) is 7.49. The molecule has 1 aliphatic heterocycles. The summed E-state index contributed by atoms with van der Waals surface area (Å²) < 4.78 is 11.1. The number of nitrogens with zero attached hydrogens (tertiary/aromatic N) is 1. The van der Waals surface area contributed by atoms with Gasteiger partial charge in [-0.2, -0.15) is 0 Å². The van der Waals surface area contributed by atoms with Crippen LogP contribution in [0.5, 0.6) is 17.2 Å². The van der Waals surface area contributed by atoms with Gasteiger partial charge in [-0.25, -0.2) is 0 Å². The van der Waals surface area contributed by atoms with Crippen molar-refractivity contribution in [3.05, 3.63) is 58.7 Å². The predicted octanol–water partition coefficient (Wildman–Crippen LogP) is 4.11. The first-order valence-electron chi connectivity index (χ1n) is 10.3. The number of phenols is 1. The summed E-state index contributed by atoms with van der Waals surface area (Å²) in [6, 6.07) is 10.1. The van der Waals surface area contributed by atoms with Crippen LogP contribution in [0.3, 0.4) is 0 Å². The molecular weight excluding hydrogens is 364 g/mol. The minimum Gasteiger partial charge on any atom is -0.507 e. The smallest absolute Gasteiger partial charge is 0.134 e. The molecule has 1 heterocycles. The van der Waals surface area contributed by atoms with Gasteiger partial charge in [0.25, 0.3) is 0 Å². The van der Waals surface area contributed by atoms with Crippen molar-refractivity contribution in [1.29, 1.82) is 0 Å². The highest BCUT2D eigenvalue weighted by Gasteiger charge is 2.21. The van der Waals surface area contributed by atoms with Crippen LogP contribution in [0.1, 0.15) is 41.5 Å². The molecule has 0 amide bonds. The van der Waals surface area contributed by atoms with Crippen LogP contribution in [0, 0.1) is 0 Å². The van der Waals surface area contributed by atoms with Gasteiger partial charge >= 0.3 is 0 Å². The maximum absolute atomic E-state index is 11.1. The lowest BCUT2D eigenvalue weighted by Gasteiger charge is -2.28. The quantitative estimate of drug-likeness (QED) is 0.703. The molecule has 0 unspecified atom stereocenters. The number of piperidine rings is 1. The molecule has 3 rings (SSSR count). The molecule has 1 saturated heterocycles. The van der Waals surface area contributed by atoms with E-state index in [1.54, 1.807) is 14.2 Å². The van der Waals surface area contributed by atoms with Crippen molar-refractivity contribution in [1.82, 2.24) is 4.90 Å². The van der Waals surface area contributed by atoms with E-state index in [-0.39, 0.29) is 5.75 Å². The van der Waals surface area contributed by atoms with Crippen molar-refractivity contribution in [2.24, 2.45) is 5.73 Å². The third-order valence-corrected chi connectivity index (χ3v) is 5.53. The van der Waals surface area contributed by atoms with E-state index < -0.39 is 0 Å². The lowest BCUT2D eigenvalue weighted by molar-refractivity contribution is 0.215. The van der Waals surface area contributed by atoms with Crippen molar-refractivity contribution in [3.63, 3.8) is 0 Å². The molecule has 3 N–H and O–H groups in total. The Balaban J connectivity index is 1.84. The fourth-order valence-electron chi connectivity index (χ4n) is 3.81. The zero-order valence-corrected chi connectivity index (χ0v) is 17.5. The van der Waals surface area contributed by atoms with E-state index in [0.717, 1.165) is 30.6 Å². The minimum atomic E-state index is 0.238. The lowest BCUT2D eigenvalue weighted by atomic mass is 10.0. The van der Waals surface area contributed by atoms with Crippen LogP contribution in [0.4, 0.5) is 0 Å². The van der Waals surface area contributed by atoms with Crippen molar-refractivity contribution < 1.29 is 14.6 Å². The SMILES string of the molecule is COc1cc(OC)c(CN2CCCCC2)c(O)c1/C=C/Cc1ccc(CN)cc1. The average molecular weight is 397 g/mol. The highest BCUT2D eigenvalue weighted by molar-refractivity contribution is 5.69. The Labute approximate surface area is 173 Å². The zero-order chi connectivity index (χ0) is 20.6. The number of rotatable bonds is 8. The monoisotopic (exact) mass is 396 g/mol. The molecule has 0 radical (unpaired) electrons. The Morgan fingerprint density at radius 3 is 2.28 bits per heavy atom. The summed E-state index contributed by atoms with van der Waals surface area (Å²) in [6.07, 6.45) is 8.43. The fraction of sp³-hybridized carbons (Fsp3) is 0.417. The molecule has 0 bridgehead atoms. The van der Waals surface area contributed by atoms with Gasteiger partial charge in [-0.05, 0) is 43.5 Å². The van der Waals surface area contributed by atoms with Gasteiger partial charge in [0.2, 0.25) is 0 Å². The summed E-state index contributed by atoms with van der Waals surface area (Å²) in [7, 11) is 3.25. The number of hydrogen-bond acceptors (Lipinski definition) is 5. The van der Waals surface area contributed by atoms with Crippen molar-refractivity contribution >= 4 is 6.08 Å². The number of nitrogens with two attached hydrogens (primary N) is 1. The number of likely N-dealkylation sites (tertiary alicyclic amines) is 1. The molecule has 29 heavy (non-hydrogen) atoms. The van der Waals surface area contributed by atoms with E-state index in [1.807, 2.05) is 30.4 Å². The highest BCUT2D eigenvalue weighted by atomic mass is 16.5. The average Bonchev–Trinajstić information content (AvgIpc) is 2.77. The molecule has 5 heteroatoms. The van der Waals surface area contributed by atoms with Crippen molar-refractivity contribution in [3.8, 4) is 17.2 Å². The maximum atomic E-state index is 11.1. The molecule has 2 aromatic rings. The second-order valence-electron chi connectivity index (χ2n) is 7.49. The highest BCUT2D eigenvalue weighted by Crippen LogP contribution is 2.40. The lowest BCUT2D eigenvalue weighted by Crippen LogP contribution is -2.29. The Hall–Kier alpha value is -2.50. The van der Waals surface area contributed by atoms with Crippen LogP contribution in [0.15, 0.2) is 36.4 Å². The molecule has 5 nitrogen and oxygen atoms in total. The van der Waals surface area contributed by atoms with Gasteiger partial charge in [0.05, 0.1) is 25.3 Å². The Morgan fingerprint density at radius 1 is 1.00 bits per heavy atom. The van der Waals surface area contributed by atoms with E-state index in [1.165, 1.54) is 24.8 Å². The summed E-state index contributed by atoms with van der Waals surface area (Å²) in [5.74, 6) is 1.51. The molecule has 0 spiro atoms. The van der Waals surface area contributed by atoms with Gasteiger partial charge < -0.3 is 20.3 Å². The standard InChI is InChI=1S/C24H32N2O3/c1-28-22-15-23(29-2)21(17-26-13-4-3-5-14-26)24(27)20(22)8-6-7-18-9-11-19(16-25)12-10-18/h6,8-12,15,27H,3-5,7,13-14,16-17,25H2,1-2H3/b8-6+. The number of methoxy groups -OCH3 is 2. The van der Waals surface area contributed by atoms with E-state index >= 15 is 0 Å². The van der Waals surface area contributed by atoms with Crippen molar-refractivity contribution in [2.75, 3.05) is 27.3 Å². The normalized spacial score (nSPS) is 15.0. The van der Waals surface area contributed by atoms with Gasteiger partial charge in [0.15, 0.2) is 0 Å². The summed E-state index contributed by atoms with van der Waals surface area (Å²) in [4.78, 5) is 2.38. The van der Waals surface area contributed by atoms with E-state index in [4.69, 9.17) is 15.2 Å². The maximum Gasteiger partial charge on any atom is 0.134 e. The minimum absolute atomic E-state index is 0.238. The first kappa shape index (κ1) is 21.2.